The number of imide groups is 1. The van der Waals surface area contributed by atoms with Gasteiger partial charge in [0.25, 0.3) is 0 Å². The Morgan fingerprint density at radius 1 is 1.38 bits per heavy atom. The van der Waals surface area contributed by atoms with Gasteiger partial charge in [-0.3, -0.25) is 0 Å². The Morgan fingerprint density at radius 3 is 2.50 bits per heavy atom. The molecule has 16 heavy (non-hydrogen) atoms. The molecule has 0 bridgehead atoms. The molecule has 2 saturated heterocycles. The minimum atomic E-state index is -0.295. The summed E-state index contributed by atoms with van der Waals surface area (Å²) >= 11 is 0. The Hall–Kier alpha value is -1.30. The monoisotopic (exact) mass is 227 g/mol. The van der Waals surface area contributed by atoms with Gasteiger partial charge in [-0.25, -0.2) is 14.5 Å². The summed E-state index contributed by atoms with van der Waals surface area (Å²) in [5.74, 6) is 0. The number of amides is 4. The summed E-state index contributed by atoms with van der Waals surface area (Å²) in [7, 11) is 0. The number of carbonyl (C=O) groups is 2. The molecule has 6 heteroatoms. The second-order valence-electron chi connectivity index (χ2n) is 4.33. The molecular weight excluding hydrogens is 210 g/mol. The average Bonchev–Trinajstić information content (AvgIpc) is 2.62. The Bertz CT molecular complexity index is 298. The van der Waals surface area contributed by atoms with E-state index < -0.39 is 0 Å². The zero-order valence-corrected chi connectivity index (χ0v) is 9.60. The zero-order chi connectivity index (χ0) is 11.7. The van der Waals surface area contributed by atoms with Crippen molar-refractivity contribution in [1.82, 2.24) is 15.1 Å². The van der Waals surface area contributed by atoms with E-state index in [2.05, 4.69) is 5.32 Å². The van der Waals surface area contributed by atoms with Crippen molar-refractivity contribution >= 4 is 12.1 Å². The van der Waals surface area contributed by atoms with Gasteiger partial charge >= 0.3 is 12.1 Å². The minimum Gasteiger partial charge on any atom is -0.372 e. The predicted molar refractivity (Wildman–Crippen MR) is 57.1 cm³/mol. The number of carbonyl (C=O) groups excluding carboxylic acids is 2. The van der Waals surface area contributed by atoms with Crippen molar-refractivity contribution in [3.05, 3.63) is 0 Å². The Kier molecular flexibility index (Phi) is 3.00. The fraction of sp³-hybridized carbons (Fsp3) is 0.800. The lowest BCUT2D eigenvalue weighted by molar-refractivity contribution is -0.0567. The molecule has 90 valence electrons. The van der Waals surface area contributed by atoms with Crippen LogP contribution in [0.15, 0.2) is 0 Å². The number of urea groups is 2. The molecule has 2 fully saturated rings. The Balaban J connectivity index is 2.01. The summed E-state index contributed by atoms with van der Waals surface area (Å²) in [5.41, 5.74) is 0. The van der Waals surface area contributed by atoms with Crippen molar-refractivity contribution < 1.29 is 14.3 Å². The van der Waals surface area contributed by atoms with Crippen molar-refractivity contribution in [2.75, 3.05) is 26.2 Å². The molecule has 0 aromatic heterocycles. The normalized spacial score (nSPS) is 30.5. The average molecular weight is 227 g/mol. The molecule has 2 atom stereocenters. The quantitative estimate of drug-likeness (QED) is 0.645. The molecule has 2 aliphatic heterocycles. The van der Waals surface area contributed by atoms with Crippen molar-refractivity contribution in [2.24, 2.45) is 0 Å². The van der Waals surface area contributed by atoms with Gasteiger partial charge in [0.15, 0.2) is 0 Å². The van der Waals surface area contributed by atoms with Gasteiger partial charge in [0.1, 0.15) is 0 Å². The molecule has 1 N–H and O–H groups in total. The van der Waals surface area contributed by atoms with Crippen molar-refractivity contribution in [3.63, 3.8) is 0 Å². The van der Waals surface area contributed by atoms with Gasteiger partial charge in [-0.1, -0.05) is 0 Å². The number of ether oxygens (including phenoxy) is 1. The number of nitrogens with one attached hydrogen (secondary N) is 1. The minimum absolute atomic E-state index is 0.0263. The van der Waals surface area contributed by atoms with Crippen LogP contribution >= 0.6 is 0 Å². The van der Waals surface area contributed by atoms with Gasteiger partial charge in [0.2, 0.25) is 0 Å². The molecule has 6 nitrogen and oxygen atoms in total. The summed E-state index contributed by atoms with van der Waals surface area (Å²) in [6, 6.07) is -0.506. The molecule has 0 aliphatic carbocycles. The lowest BCUT2D eigenvalue weighted by Gasteiger charge is -2.36. The van der Waals surface area contributed by atoms with Crippen LogP contribution < -0.4 is 5.32 Å². The molecule has 0 saturated carbocycles. The van der Waals surface area contributed by atoms with E-state index in [1.165, 1.54) is 4.90 Å². The molecule has 4 amide bonds. The fourth-order valence-electron chi connectivity index (χ4n) is 2.16. The topological polar surface area (TPSA) is 61.9 Å². The van der Waals surface area contributed by atoms with Crippen molar-refractivity contribution in [3.8, 4) is 0 Å². The molecule has 2 unspecified atom stereocenters. The highest BCUT2D eigenvalue weighted by molar-refractivity contribution is 5.95. The Labute approximate surface area is 94.5 Å². The zero-order valence-electron chi connectivity index (χ0n) is 9.60. The van der Waals surface area contributed by atoms with E-state index in [0.717, 1.165) is 0 Å². The van der Waals surface area contributed by atoms with Crippen LogP contribution in [0, 0.1) is 0 Å². The summed E-state index contributed by atoms with van der Waals surface area (Å²) < 4.78 is 5.54. The maximum Gasteiger partial charge on any atom is 0.328 e. The molecule has 0 aromatic rings. The van der Waals surface area contributed by atoms with E-state index in [1.807, 2.05) is 13.8 Å². The number of morpholine rings is 1. The molecular formula is C10H17N3O3. The lowest BCUT2D eigenvalue weighted by Crippen LogP contribution is -2.53. The van der Waals surface area contributed by atoms with E-state index in [4.69, 9.17) is 4.74 Å². The van der Waals surface area contributed by atoms with E-state index in [9.17, 15) is 9.59 Å². The molecule has 0 radical (unpaired) electrons. The van der Waals surface area contributed by atoms with E-state index >= 15 is 0 Å². The van der Waals surface area contributed by atoms with Gasteiger partial charge in [-0.05, 0) is 13.8 Å². The first kappa shape index (κ1) is 11.2. The summed E-state index contributed by atoms with van der Waals surface area (Å²) in [6.45, 7) is 5.96. The van der Waals surface area contributed by atoms with E-state index in [1.54, 1.807) is 4.90 Å². The first-order valence-electron chi connectivity index (χ1n) is 5.57. The van der Waals surface area contributed by atoms with E-state index in [0.29, 0.717) is 26.2 Å². The number of hydrogen-bond acceptors (Lipinski definition) is 3. The van der Waals surface area contributed by atoms with Crippen molar-refractivity contribution in [2.45, 2.75) is 26.1 Å². The van der Waals surface area contributed by atoms with Crippen LogP contribution in [0.1, 0.15) is 13.8 Å². The van der Waals surface area contributed by atoms with Crippen molar-refractivity contribution in [1.29, 1.82) is 0 Å². The van der Waals surface area contributed by atoms with Crippen LogP contribution in [-0.4, -0.2) is 60.2 Å². The van der Waals surface area contributed by atoms with Gasteiger partial charge in [-0.15, -0.1) is 0 Å². The van der Waals surface area contributed by atoms with Gasteiger partial charge in [0.05, 0.1) is 12.2 Å². The second-order valence-corrected chi connectivity index (χ2v) is 4.33. The van der Waals surface area contributed by atoms with Crippen LogP contribution in [0.5, 0.6) is 0 Å². The lowest BCUT2D eigenvalue weighted by atomic mass is 10.2. The van der Waals surface area contributed by atoms with Gasteiger partial charge in [0, 0.05) is 26.2 Å². The largest absolute Gasteiger partial charge is 0.372 e. The standard InChI is InChI=1S/C10H17N3O3/c1-7-5-12(6-8(2)16-7)10(15)13-4-3-11-9(13)14/h7-8H,3-6H2,1-2H3,(H,11,14). The summed E-state index contributed by atoms with van der Waals surface area (Å²) in [6.07, 6.45) is 0.0525. The molecule has 0 aromatic carbocycles. The molecule has 2 heterocycles. The highest BCUT2D eigenvalue weighted by atomic mass is 16.5. The van der Waals surface area contributed by atoms with Crippen LogP contribution in [0.25, 0.3) is 0 Å². The SMILES string of the molecule is CC1CN(C(=O)N2CCNC2=O)CC(C)O1. The highest BCUT2D eigenvalue weighted by Gasteiger charge is 2.33. The third kappa shape index (κ3) is 2.11. The van der Waals surface area contributed by atoms with Crippen LogP contribution in [-0.2, 0) is 4.74 Å². The fourth-order valence-corrected chi connectivity index (χ4v) is 2.16. The maximum atomic E-state index is 12.0. The first-order chi connectivity index (χ1) is 7.58. The predicted octanol–water partition coefficient (Wildman–Crippen LogP) is 0.241. The number of rotatable bonds is 0. The maximum absolute atomic E-state index is 12.0. The molecule has 0 spiro atoms. The first-order valence-corrected chi connectivity index (χ1v) is 5.57. The highest BCUT2D eigenvalue weighted by Crippen LogP contribution is 2.13. The van der Waals surface area contributed by atoms with Gasteiger partial charge in [-0.2, -0.15) is 0 Å². The Morgan fingerprint density at radius 2 is 2.00 bits per heavy atom. The number of hydrogen-bond donors (Lipinski definition) is 1. The summed E-state index contributed by atoms with van der Waals surface area (Å²) in [4.78, 5) is 26.3. The number of nitrogens with zero attached hydrogens (tertiary/aromatic N) is 2. The van der Waals surface area contributed by atoms with E-state index in [-0.39, 0.29) is 24.3 Å². The second kappa shape index (κ2) is 4.29. The third-order valence-corrected chi connectivity index (χ3v) is 2.78. The smallest absolute Gasteiger partial charge is 0.328 e. The third-order valence-electron chi connectivity index (χ3n) is 2.78. The van der Waals surface area contributed by atoms with Crippen LogP contribution in [0.2, 0.25) is 0 Å². The van der Waals surface area contributed by atoms with Crippen LogP contribution in [0.4, 0.5) is 9.59 Å². The van der Waals surface area contributed by atoms with Gasteiger partial charge < -0.3 is 15.0 Å². The molecule has 2 rings (SSSR count). The van der Waals surface area contributed by atoms with Crippen LogP contribution in [0.3, 0.4) is 0 Å². The summed E-state index contributed by atoms with van der Waals surface area (Å²) in [5, 5.41) is 2.62. The molecule has 2 aliphatic rings.